The van der Waals surface area contributed by atoms with Gasteiger partial charge in [-0.05, 0) is 36.4 Å². The molecule has 0 fully saturated rings. The SMILES string of the molecule is S=C(Nc1ccccn1)c1cccc(-c2ccccn2)n1. The smallest absolute Gasteiger partial charge is 0.130 e. The second kappa shape index (κ2) is 6.19. The highest BCUT2D eigenvalue weighted by atomic mass is 32.1. The number of rotatable bonds is 3. The first-order chi connectivity index (χ1) is 10.3. The van der Waals surface area contributed by atoms with Crippen molar-refractivity contribution in [1.82, 2.24) is 15.0 Å². The first-order valence-electron chi connectivity index (χ1n) is 6.44. The van der Waals surface area contributed by atoms with Crippen LogP contribution in [0.15, 0.2) is 67.0 Å². The predicted molar refractivity (Wildman–Crippen MR) is 87.0 cm³/mol. The lowest BCUT2D eigenvalue weighted by Gasteiger charge is -2.07. The summed E-state index contributed by atoms with van der Waals surface area (Å²) in [5, 5.41) is 3.07. The molecule has 102 valence electrons. The molecule has 5 heteroatoms. The molecular formula is C16H12N4S. The highest BCUT2D eigenvalue weighted by molar-refractivity contribution is 7.81. The van der Waals surface area contributed by atoms with Crippen molar-refractivity contribution in [3.05, 3.63) is 72.7 Å². The molecule has 21 heavy (non-hydrogen) atoms. The van der Waals surface area contributed by atoms with Crippen molar-refractivity contribution >= 4 is 23.0 Å². The Bertz CT molecular complexity index is 744. The van der Waals surface area contributed by atoms with E-state index in [-0.39, 0.29) is 0 Å². The molecule has 0 unspecified atom stereocenters. The monoisotopic (exact) mass is 292 g/mol. The second-order valence-electron chi connectivity index (χ2n) is 4.29. The van der Waals surface area contributed by atoms with Crippen LogP contribution < -0.4 is 5.32 Å². The van der Waals surface area contributed by atoms with Crippen LogP contribution in [-0.4, -0.2) is 19.9 Å². The van der Waals surface area contributed by atoms with E-state index in [9.17, 15) is 0 Å². The van der Waals surface area contributed by atoms with Gasteiger partial charge in [0.25, 0.3) is 0 Å². The summed E-state index contributed by atoms with van der Waals surface area (Å²) in [5.41, 5.74) is 2.30. The number of aromatic nitrogens is 3. The topological polar surface area (TPSA) is 50.7 Å². The Morgan fingerprint density at radius 3 is 2.29 bits per heavy atom. The van der Waals surface area contributed by atoms with Crippen molar-refractivity contribution in [3.8, 4) is 11.4 Å². The van der Waals surface area contributed by atoms with Gasteiger partial charge in [-0.2, -0.15) is 0 Å². The first-order valence-corrected chi connectivity index (χ1v) is 6.84. The largest absolute Gasteiger partial charge is 0.330 e. The van der Waals surface area contributed by atoms with Gasteiger partial charge in [0.05, 0.1) is 17.1 Å². The summed E-state index contributed by atoms with van der Waals surface area (Å²) in [7, 11) is 0. The number of pyridine rings is 3. The van der Waals surface area contributed by atoms with Gasteiger partial charge < -0.3 is 5.32 Å². The second-order valence-corrected chi connectivity index (χ2v) is 4.70. The molecule has 0 aromatic carbocycles. The van der Waals surface area contributed by atoms with Crippen LogP contribution in [0.1, 0.15) is 5.69 Å². The fourth-order valence-corrected chi connectivity index (χ4v) is 2.05. The molecular weight excluding hydrogens is 280 g/mol. The molecule has 4 nitrogen and oxygen atoms in total. The molecule has 3 aromatic rings. The van der Waals surface area contributed by atoms with Crippen molar-refractivity contribution < 1.29 is 0 Å². The van der Waals surface area contributed by atoms with Crippen LogP contribution >= 0.6 is 12.2 Å². The average molecular weight is 292 g/mol. The van der Waals surface area contributed by atoms with Crippen molar-refractivity contribution in [1.29, 1.82) is 0 Å². The maximum atomic E-state index is 5.38. The van der Waals surface area contributed by atoms with Gasteiger partial charge in [-0.25, -0.2) is 9.97 Å². The summed E-state index contributed by atoms with van der Waals surface area (Å²) in [6.45, 7) is 0. The third kappa shape index (κ3) is 3.27. The van der Waals surface area contributed by atoms with Crippen molar-refractivity contribution in [2.24, 2.45) is 0 Å². The van der Waals surface area contributed by atoms with Crippen LogP contribution in [0, 0.1) is 0 Å². The van der Waals surface area contributed by atoms with Gasteiger partial charge in [-0.1, -0.05) is 30.4 Å². The fraction of sp³-hybridized carbons (Fsp3) is 0. The summed E-state index contributed by atoms with van der Waals surface area (Å²) in [4.78, 5) is 13.6. The van der Waals surface area contributed by atoms with Gasteiger partial charge in [0.1, 0.15) is 10.8 Å². The minimum atomic E-state index is 0.534. The lowest BCUT2D eigenvalue weighted by molar-refractivity contribution is 1.23. The van der Waals surface area contributed by atoms with Crippen molar-refractivity contribution in [2.75, 3.05) is 5.32 Å². The molecule has 0 aliphatic rings. The van der Waals surface area contributed by atoms with E-state index in [0.29, 0.717) is 16.5 Å². The third-order valence-corrected chi connectivity index (χ3v) is 3.13. The molecule has 3 aromatic heterocycles. The average Bonchev–Trinajstić information content (AvgIpc) is 2.57. The van der Waals surface area contributed by atoms with E-state index in [1.807, 2.05) is 54.6 Å². The summed E-state index contributed by atoms with van der Waals surface area (Å²) in [6.07, 6.45) is 3.46. The molecule has 3 rings (SSSR count). The molecule has 1 N–H and O–H groups in total. The normalized spacial score (nSPS) is 10.1. The summed E-state index contributed by atoms with van der Waals surface area (Å²) in [6, 6.07) is 17.0. The Labute approximate surface area is 127 Å². The van der Waals surface area contributed by atoms with Gasteiger partial charge >= 0.3 is 0 Å². The molecule has 0 amide bonds. The van der Waals surface area contributed by atoms with Crippen LogP contribution in [0.5, 0.6) is 0 Å². The summed E-state index contributed by atoms with van der Waals surface area (Å²) >= 11 is 5.38. The predicted octanol–water partition coefficient (Wildman–Crippen LogP) is 3.33. The van der Waals surface area contributed by atoms with E-state index in [2.05, 4.69) is 20.3 Å². The highest BCUT2D eigenvalue weighted by Crippen LogP contribution is 2.14. The minimum absolute atomic E-state index is 0.534. The van der Waals surface area contributed by atoms with Crippen LogP contribution in [0.2, 0.25) is 0 Å². The van der Waals surface area contributed by atoms with E-state index >= 15 is 0 Å². The highest BCUT2D eigenvalue weighted by Gasteiger charge is 2.06. The quantitative estimate of drug-likeness (QED) is 0.750. The van der Waals surface area contributed by atoms with Crippen LogP contribution in [-0.2, 0) is 0 Å². The molecule has 0 saturated carbocycles. The van der Waals surface area contributed by atoms with Crippen LogP contribution in [0.4, 0.5) is 5.82 Å². The Hall–Kier alpha value is -2.66. The number of thiocarbonyl (C=S) groups is 1. The zero-order chi connectivity index (χ0) is 14.5. The molecule has 0 atom stereocenters. The Morgan fingerprint density at radius 1 is 0.810 bits per heavy atom. The molecule has 0 spiro atoms. The van der Waals surface area contributed by atoms with E-state index < -0.39 is 0 Å². The molecule has 0 radical (unpaired) electrons. The van der Waals surface area contributed by atoms with Gasteiger partial charge in [0.15, 0.2) is 0 Å². The van der Waals surface area contributed by atoms with Crippen molar-refractivity contribution in [2.45, 2.75) is 0 Å². The number of nitrogens with zero attached hydrogens (tertiary/aromatic N) is 3. The Morgan fingerprint density at radius 2 is 1.57 bits per heavy atom. The van der Waals surface area contributed by atoms with Gasteiger partial charge in [-0.15, -0.1) is 0 Å². The van der Waals surface area contributed by atoms with E-state index in [1.54, 1.807) is 12.4 Å². The maximum absolute atomic E-state index is 5.38. The number of anilines is 1. The molecule has 0 aliphatic carbocycles. The maximum Gasteiger partial charge on any atom is 0.130 e. The van der Waals surface area contributed by atoms with Crippen LogP contribution in [0.3, 0.4) is 0 Å². The van der Waals surface area contributed by atoms with Crippen LogP contribution in [0.25, 0.3) is 11.4 Å². The van der Waals surface area contributed by atoms with Crippen molar-refractivity contribution in [3.63, 3.8) is 0 Å². The molecule has 0 saturated heterocycles. The first kappa shape index (κ1) is 13.3. The third-order valence-electron chi connectivity index (χ3n) is 2.82. The summed E-state index contributed by atoms with van der Waals surface area (Å²) in [5.74, 6) is 0.701. The standard InChI is InChI=1S/C16H12N4S/c21-16(20-15-9-2-4-11-18-15)14-8-5-7-13(19-14)12-6-1-3-10-17-12/h1-11H,(H,18,20,21). The minimum Gasteiger partial charge on any atom is -0.330 e. The molecule has 0 aliphatic heterocycles. The number of hydrogen-bond donors (Lipinski definition) is 1. The van der Waals surface area contributed by atoms with E-state index in [0.717, 1.165) is 11.4 Å². The van der Waals surface area contributed by atoms with Gasteiger partial charge in [0.2, 0.25) is 0 Å². The fourth-order valence-electron chi connectivity index (χ4n) is 1.84. The lowest BCUT2D eigenvalue weighted by Crippen LogP contribution is -2.13. The van der Waals surface area contributed by atoms with Gasteiger partial charge in [0, 0.05) is 12.4 Å². The summed E-state index contributed by atoms with van der Waals surface area (Å²) < 4.78 is 0. The Balaban J connectivity index is 1.85. The van der Waals surface area contributed by atoms with E-state index in [4.69, 9.17) is 12.2 Å². The number of hydrogen-bond acceptors (Lipinski definition) is 4. The Kier molecular flexibility index (Phi) is 3.93. The van der Waals surface area contributed by atoms with Gasteiger partial charge in [-0.3, -0.25) is 4.98 Å². The van der Waals surface area contributed by atoms with E-state index in [1.165, 1.54) is 0 Å². The zero-order valence-corrected chi connectivity index (χ0v) is 11.9. The molecule has 3 heterocycles. The zero-order valence-electron chi connectivity index (χ0n) is 11.1. The number of nitrogens with one attached hydrogen (secondary N) is 1. The molecule has 0 bridgehead atoms. The lowest BCUT2D eigenvalue weighted by atomic mass is 10.2.